The fourth-order valence-electron chi connectivity index (χ4n) is 4.62. The summed E-state index contributed by atoms with van der Waals surface area (Å²) in [6.07, 6.45) is 2.15. The van der Waals surface area contributed by atoms with Gasteiger partial charge in [0.25, 0.3) is 0 Å². The molecule has 5 nitrogen and oxygen atoms in total. The lowest BCUT2D eigenvalue weighted by atomic mass is 9.91. The topological polar surface area (TPSA) is 76.4 Å². The lowest BCUT2D eigenvalue weighted by Crippen LogP contribution is -2.36. The molecule has 2 aromatic carbocycles. The Hall–Kier alpha value is -2.84. The highest BCUT2D eigenvalue weighted by Gasteiger charge is 2.49. The molecule has 1 aliphatic heterocycles. The quantitative estimate of drug-likeness (QED) is 0.880. The zero-order valence-corrected chi connectivity index (χ0v) is 15.1. The van der Waals surface area contributed by atoms with Gasteiger partial charge in [-0.05, 0) is 48.4 Å². The molecule has 0 spiro atoms. The van der Waals surface area contributed by atoms with Crippen LogP contribution in [0.25, 0.3) is 0 Å². The summed E-state index contributed by atoms with van der Waals surface area (Å²) in [5, 5.41) is 22.9. The van der Waals surface area contributed by atoms with Crippen molar-refractivity contribution >= 4 is 11.7 Å². The predicted molar refractivity (Wildman–Crippen MR) is 103 cm³/mol. The highest BCUT2D eigenvalue weighted by atomic mass is 16.3. The van der Waals surface area contributed by atoms with E-state index in [0.29, 0.717) is 42.6 Å². The Morgan fingerprint density at radius 1 is 1.15 bits per heavy atom. The van der Waals surface area contributed by atoms with Gasteiger partial charge in [-0.1, -0.05) is 36.4 Å². The molecule has 138 valence electrons. The Balaban J connectivity index is 1.35. The molecule has 0 unspecified atom stereocenters. The van der Waals surface area contributed by atoms with E-state index in [0.717, 1.165) is 18.4 Å². The third-order valence-corrected chi connectivity index (χ3v) is 5.77. The number of hydrogen-bond donors (Lipinski definition) is 2. The van der Waals surface area contributed by atoms with Crippen molar-refractivity contribution in [1.82, 2.24) is 4.90 Å². The molecule has 1 aliphatic carbocycles. The number of rotatable bonds is 3. The van der Waals surface area contributed by atoms with Gasteiger partial charge in [0.05, 0.1) is 17.2 Å². The normalized spacial score (nSPS) is 26.4. The van der Waals surface area contributed by atoms with E-state index < -0.39 is 5.60 Å². The number of likely N-dealkylation sites (tertiary alicyclic amines) is 1. The third-order valence-electron chi connectivity index (χ3n) is 5.77. The average Bonchev–Trinajstić information content (AvgIpc) is 3.17. The van der Waals surface area contributed by atoms with Crippen molar-refractivity contribution in [1.29, 1.82) is 5.26 Å². The van der Waals surface area contributed by atoms with Gasteiger partial charge in [-0.2, -0.15) is 5.26 Å². The molecular weight excluding hydrogens is 338 g/mol. The molecule has 4 rings (SSSR count). The fraction of sp³-hybridized carbons (Fsp3) is 0.364. The first-order chi connectivity index (χ1) is 13.0. The molecular formula is C22H23N3O2. The summed E-state index contributed by atoms with van der Waals surface area (Å²) in [5.41, 5.74) is 1.65. The molecule has 2 amide bonds. The van der Waals surface area contributed by atoms with Gasteiger partial charge in [0, 0.05) is 25.2 Å². The van der Waals surface area contributed by atoms with E-state index in [1.165, 1.54) is 0 Å². The van der Waals surface area contributed by atoms with Gasteiger partial charge in [-0.25, -0.2) is 4.79 Å². The van der Waals surface area contributed by atoms with Crippen molar-refractivity contribution < 1.29 is 9.90 Å². The molecule has 2 aromatic rings. The van der Waals surface area contributed by atoms with Crippen molar-refractivity contribution in [2.45, 2.75) is 24.9 Å². The van der Waals surface area contributed by atoms with Crippen LogP contribution in [0.4, 0.5) is 10.5 Å². The SMILES string of the molecule is N#Cc1cccc(NC(=O)N2C[C@@H]3C[C@@](O)(Cc4ccccc4)C[C@@H]3C2)c1. The van der Waals surface area contributed by atoms with Gasteiger partial charge < -0.3 is 15.3 Å². The minimum Gasteiger partial charge on any atom is -0.390 e. The second-order valence-corrected chi connectivity index (χ2v) is 7.84. The predicted octanol–water partition coefficient (Wildman–Crippen LogP) is 3.41. The Morgan fingerprint density at radius 3 is 2.52 bits per heavy atom. The molecule has 27 heavy (non-hydrogen) atoms. The average molecular weight is 361 g/mol. The Labute approximate surface area is 159 Å². The van der Waals surface area contributed by atoms with Crippen LogP contribution in [0.15, 0.2) is 54.6 Å². The highest BCUT2D eigenvalue weighted by Crippen LogP contribution is 2.45. The largest absolute Gasteiger partial charge is 0.390 e. The number of fused-ring (bicyclic) bond motifs is 1. The van der Waals surface area contributed by atoms with Gasteiger partial charge in [0.1, 0.15) is 0 Å². The maximum Gasteiger partial charge on any atom is 0.321 e. The van der Waals surface area contributed by atoms with Crippen molar-refractivity contribution in [3.05, 3.63) is 65.7 Å². The number of benzene rings is 2. The minimum atomic E-state index is -0.666. The number of amides is 2. The second-order valence-electron chi connectivity index (χ2n) is 7.84. The number of nitrogens with one attached hydrogen (secondary N) is 1. The standard InChI is InChI=1S/C22H23N3O2/c23-13-17-7-4-8-20(9-17)24-21(26)25-14-18-11-22(27,12-19(18)15-25)10-16-5-2-1-3-6-16/h1-9,18-19,27H,10-12,14-15H2,(H,24,26)/t18-,19+,22-. The number of aliphatic hydroxyl groups is 1. The lowest BCUT2D eigenvalue weighted by molar-refractivity contribution is 0.0368. The zero-order valence-electron chi connectivity index (χ0n) is 15.1. The first-order valence-electron chi connectivity index (χ1n) is 9.37. The van der Waals surface area contributed by atoms with Crippen LogP contribution < -0.4 is 5.32 Å². The van der Waals surface area contributed by atoms with E-state index in [9.17, 15) is 9.90 Å². The summed E-state index contributed by atoms with van der Waals surface area (Å²) in [6.45, 7) is 1.34. The first kappa shape index (κ1) is 17.6. The van der Waals surface area contributed by atoms with Crippen molar-refractivity contribution in [3.63, 3.8) is 0 Å². The molecule has 0 radical (unpaired) electrons. The maximum atomic E-state index is 12.6. The van der Waals surface area contributed by atoms with Crippen LogP contribution in [-0.4, -0.2) is 34.7 Å². The number of carbonyl (C=O) groups excluding carboxylic acids is 1. The van der Waals surface area contributed by atoms with Gasteiger partial charge in [-0.15, -0.1) is 0 Å². The van der Waals surface area contributed by atoms with Crippen LogP contribution in [-0.2, 0) is 6.42 Å². The van der Waals surface area contributed by atoms with Gasteiger partial charge in [-0.3, -0.25) is 0 Å². The molecule has 2 fully saturated rings. The van der Waals surface area contributed by atoms with Crippen LogP contribution in [0, 0.1) is 23.2 Å². The lowest BCUT2D eigenvalue weighted by Gasteiger charge is -2.26. The molecule has 0 aromatic heterocycles. The van der Waals surface area contributed by atoms with E-state index in [2.05, 4.69) is 23.5 Å². The third kappa shape index (κ3) is 3.81. The van der Waals surface area contributed by atoms with Crippen LogP contribution in [0.2, 0.25) is 0 Å². The van der Waals surface area contributed by atoms with E-state index in [-0.39, 0.29) is 6.03 Å². The second kappa shape index (κ2) is 7.05. The Bertz CT molecular complexity index is 861. The summed E-state index contributed by atoms with van der Waals surface area (Å²) in [5.74, 6) is 0.685. The van der Waals surface area contributed by atoms with E-state index in [1.807, 2.05) is 23.1 Å². The number of urea groups is 1. The first-order valence-corrected chi connectivity index (χ1v) is 9.37. The monoisotopic (exact) mass is 361 g/mol. The summed E-state index contributed by atoms with van der Waals surface area (Å²) >= 11 is 0. The molecule has 2 N–H and O–H groups in total. The molecule has 3 atom stereocenters. The number of hydrogen-bond acceptors (Lipinski definition) is 3. The van der Waals surface area contributed by atoms with Crippen LogP contribution >= 0.6 is 0 Å². The van der Waals surface area contributed by atoms with Gasteiger partial charge >= 0.3 is 6.03 Å². The minimum absolute atomic E-state index is 0.133. The summed E-state index contributed by atoms with van der Waals surface area (Å²) in [7, 11) is 0. The highest BCUT2D eigenvalue weighted by molar-refractivity contribution is 5.89. The van der Waals surface area contributed by atoms with Crippen LogP contribution in [0.1, 0.15) is 24.0 Å². The fourth-order valence-corrected chi connectivity index (χ4v) is 4.62. The summed E-state index contributed by atoms with van der Waals surface area (Å²) in [4.78, 5) is 14.4. The molecule has 1 saturated heterocycles. The number of anilines is 1. The molecule has 1 heterocycles. The smallest absolute Gasteiger partial charge is 0.321 e. The van der Waals surface area contributed by atoms with Crippen molar-refractivity contribution in [2.75, 3.05) is 18.4 Å². The summed E-state index contributed by atoms with van der Waals surface area (Å²) < 4.78 is 0. The molecule has 0 bridgehead atoms. The van der Waals surface area contributed by atoms with Gasteiger partial charge in [0.15, 0.2) is 0 Å². The molecule has 1 saturated carbocycles. The summed E-state index contributed by atoms with van der Waals surface area (Å²) in [6, 6.07) is 19.0. The van der Waals surface area contributed by atoms with Crippen LogP contribution in [0.3, 0.4) is 0 Å². The zero-order chi connectivity index (χ0) is 18.9. The van der Waals surface area contributed by atoms with E-state index in [1.54, 1.807) is 24.3 Å². The maximum absolute atomic E-state index is 12.6. The van der Waals surface area contributed by atoms with Crippen molar-refractivity contribution in [2.24, 2.45) is 11.8 Å². The van der Waals surface area contributed by atoms with E-state index >= 15 is 0 Å². The molecule has 5 heteroatoms. The number of nitriles is 1. The van der Waals surface area contributed by atoms with Gasteiger partial charge in [0.2, 0.25) is 0 Å². The molecule has 2 aliphatic rings. The number of carbonyl (C=O) groups is 1. The van der Waals surface area contributed by atoms with Crippen LogP contribution in [0.5, 0.6) is 0 Å². The van der Waals surface area contributed by atoms with E-state index in [4.69, 9.17) is 5.26 Å². The number of nitrogens with zero attached hydrogens (tertiary/aromatic N) is 2. The van der Waals surface area contributed by atoms with Crippen molar-refractivity contribution in [3.8, 4) is 6.07 Å². The Morgan fingerprint density at radius 2 is 1.85 bits per heavy atom. The Kier molecular flexibility index (Phi) is 4.59.